The Kier molecular flexibility index (Phi) is 3.93. The van der Waals surface area contributed by atoms with Crippen molar-refractivity contribution in [3.63, 3.8) is 0 Å². The summed E-state index contributed by atoms with van der Waals surface area (Å²) in [5, 5.41) is 0. The van der Waals surface area contributed by atoms with Crippen molar-refractivity contribution in [3.8, 4) is 0 Å². The van der Waals surface area contributed by atoms with E-state index in [4.69, 9.17) is 4.42 Å². The minimum Gasteiger partial charge on any atom is -0.448 e. The van der Waals surface area contributed by atoms with Crippen LogP contribution >= 0.6 is 0 Å². The van der Waals surface area contributed by atoms with Crippen LogP contribution in [0.25, 0.3) is 0 Å². The molecule has 1 fully saturated rings. The Morgan fingerprint density at radius 3 is 2.88 bits per heavy atom. The fourth-order valence-corrected chi connectivity index (χ4v) is 2.79. The van der Waals surface area contributed by atoms with Gasteiger partial charge in [0.25, 0.3) is 5.91 Å². The first-order valence-electron chi connectivity index (χ1n) is 5.79. The van der Waals surface area contributed by atoms with Crippen LogP contribution in [-0.4, -0.2) is 44.6 Å². The molecule has 0 aromatic carbocycles. The Labute approximate surface area is 103 Å². The predicted molar refractivity (Wildman–Crippen MR) is 64.3 cm³/mol. The monoisotopic (exact) mass is 256 g/mol. The van der Waals surface area contributed by atoms with Crippen LogP contribution in [0.3, 0.4) is 0 Å². The third-order valence-corrected chi connectivity index (χ3v) is 3.98. The highest BCUT2D eigenvalue weighted by molar-refractivity contribution is 7.85. The third kappa shape index (κ3) is 2.94. The Balaban J connectivity index is 2.01. The molecule has 6 heteroatoms. The van der Waals surface area contributed by atoms with Gasteiger partial charge in [-0.2, -0.15) is 0 Å². The maximum Gasteiger partial charge on any atom is 0.275 e. The molecule has 0 radical (unpaired) electrons. The van der Waals surface area contributed by atoms with Gasteiger partial charge in [-0.05, 0) is 6.42 Å². The quantitative estimate of drug-likeness (QED) is 0.803. The summed E-state index contributed by atoms with van der Waals surface area (Å²) >= 11 is 0. The first-order valence-corrected chi connectivity index (χ1v) is 7.28. The molecule has 1 aliphatic rings. The second kappa shape index (κ2) is 5.44. The van der Waals surface area contributed by atoms with Gasteiger partial charge in [-0.15, -0.1) is 0 Å². The minimum absolute atomic E-state index is 0.118. The van der Waals surface area contributed by atoms with E-state index in [1.807, 2.05) is 6.92 Å². The predicted octanol–water partition coefficient (Wildman–Crippen LogP) is 0.832. The van der Waals surface area contributed by atoms with Gasteiger partial charge in [0.2, 0.25) is 0 Å². The fraction of sp³-hybridized carbons (Fsp3) is 0.636. The van der Waals surface area contributed by atoms with Crippen LogP contribution in [-0.2, 0) is 17.2 Å². The molecule has 2 heterocycles. The van der Waals surface area contributed by atoms with Gasteiger partial charge in [0.05, 0.1) is 0 Å². The van der Waals surface area contributed by atoms with E-state index in [1.54, 1.807) is 4.90 Å². The molecule has 0 spiro atoms. The van der Waals surface area contributed by atoms with E-state index in [0.29, 0.717) is 36.2 Å². The lowest BCUT2D eigenvalue weighted by molar-refractivity contribution is 0.0765. The van der Waals surface area contributed by atoms with Gasteiger partial charge in [-0.25, -0.2) is 4.98 Å². The van der Waals surface area contributed by atoms with E-state index < -0.39 is 10.8 Å². The van der Waals surface area contributed by atoms with E-state index >= 15 is 0 Å². The van der Waals surface area contributed by atoms with Crippen molar-refractivity contribution in [1.82, 2.24) is 9.88 Å². The van der Waals surface area contributed by atoms with E-state index in [0.717, 1.165) is 12.8 Å². The maximum absolute atomic E-state index is 12.0. The molecule has 0 atom stereocenters. The van der Waals surface area contributed by atoms with Crippen LogP contribution in [0.5, 0.6) is 0 Å². The van der Waals surface area contributed by atoms with E-state index in [1.165, 1.54) is 6.26 Å². The topological polar surface area (TPSA) is 63.4 Å². The molecule has 1 aliphatic heterocycles. The number of aromatic nitrogens is 1. The Bertz CT molecular complexity index is 420. The van der Waals surface area contributed by atoms with Gasteiger partial charge >= 0.3 is 0 Å². The zero-order chi connectivity index (χ0) is 12.3. The van der Waals surface area contributed by atoms with E-state index in [-0.39, 0.29) is 5.91 Å². The van der Waals surface area contributed by atoms with Crippen LogP contribution in [0.15, 0.2) is 10.7 Å². The zero-order valence-corrected chi connectivity index (χ0v) is 10.7. The molecule has 94 valence electrons. The van der Waals surface area contributed by atoms with Gasteiger partial charge in [0.1, 0.15) is 6.26 Å². The van der Waals surface area contributed by atoms with Crippen molar-refractivity contribution in [2.24, 2.45) is 0 Å². The lowest BCUT2D eigenvalue weighted by Gasteiger charge is -2.25. The minimum atomic E-state index is -0.769. The number of amides is 1. The van der Waals surface area contributed by atoms with E-state index in [9.17, 15) is 9.00 Å². The van der Waals surface area contributed by atoms with Gasteiger partial charge in [-0.3, -0.25) is 9.00 Å². The van der Waals surface area contributed by atoms with Crippen LogP contribution in [0.1, 0.15) is 29.7 Å². The summed E-state index contributed by atoms with van der Waals surface area (Å²) in [5.41, 5.74) is 0.362. The molecule has 1 aromatic rings. The molecule has 0 N–H and O–H groups in total. The average Bonchev–Trinajstić information content (AvgIpc) is 2.78. The maximum atomic E-state index is 12.0. The molecule has 1 amide bonds. The Hall–Kier alpha value is -1.17. The molecule has 0 saturated carbocycles. The Morgan fingerprint density at radius 2 is 2.24 bits per heavy atom. The number of oxazole rings is 1. The first kappa shape index (κ1) is 12.3. The van der Waals surface area contributed by atoms with Gasteiger partial charge < -0.3 is 9.32 Å². The highest BCUT2D eigenvalue weighted by Gasteiger charge is 2.23. The first-order chi connectivity index (χ1) is 8.20. The molecule has 1 aromatic heterocycles. The molecular formula is C11H16N2O3S. The number of carbonyl (C=O) groups excluding carboxylic acids is 1. The second-order valence-corrected chi connectivity index (χ2v) is 5.71. The van der Waals surface area contributed by atoms with Crippen molar-refractivity contribution in [1.29, 1.82) is 0 Å². The highest BCUT2D eigenvalue weighted by Crippen LogP contribution is 2.09. The van der Waals surface area contributed by atoms with Crippen molar-refractivity contribution in [3.05, 3.63) is 17.8 Å². The summed E-state index contributed by atoms with van der Waals surface area (Å²) in [5.74, 6) is 1.61. The van der Waals surface area contributed by atoms with Crippen LogP contribution in [0.4, 0.5) is 0 Å². The highest BCUT2D eigenvalue weighted by atomic mass is 32.2. The average molecular weight is 256 g/mol. The molecule has 2 rings (SSSR count). The number of hydrogen-bond donors (Lipinski definition) is 0. The van der Waals surface area contributed by atoms with Crippen molar-refractivity contribution >= 4 is 16.7 Å². The lowest BCUT2D eigenvalue weighted by Crippen LogP contribution is -2.41. The Morgan fingerprint density at radius 1 is 1.53 bits per heavy atom. The van der Waals surface area contributed by atoms with Gasteiger partial charge in [0, 0.05) is 41.8 Å². The summed E-state index contributed by atoms with van der Waals surface area (Å²) in [7, 11) is -0.769. The number of nitrogens with zero attached hydrogens (tertiary/aromatic N) is 2. The molecule has 0 aliphatic carbocycles. The van der Waals surface area contributed by atoms with E-state index in [2.05, 4.69) is 4.98 Å². The van der Waals surface area contributed by atoms with Crippen LogP contribution in [0.2, 0.25) is 0 Å². The summed E-state index contributed by atoms with van der Waals surface area (Å²) < 4.78 is 16.4. The summed E-state index contributed by atoms with van der Waals surface area (Å²) in [6.45, 7) is 3.12. The summed E-state index contributed by atoms with van der Waals surface area (Å²) in [6, 6.07) is 0. The lowest BCUT2D eigenvalue weighted by atomic mass is 10.3. The standard InChI is InChI=1S/C11H16N2O3S/c1-2-3-10-12-9(8-16-10)11(14)13-4-6-17(15)7-5-13/h8H,2-7H2,1H3. The SMILES string of the molecule is CCCc1nc(C(=O)N2CCS(=O)CC2)co1. The summed E-state index contributed by atoms with van der Waals surface area (Å²) in [4.78, 5) is 17.9. The van der Waals surface area contributed by atoms with Crippen molar-refractivity contribution in [2.45, 2.75) is 19.8 Å². The van der Waals surface area contributed by atoms with Crippen LogP contribution in [0, 0.1) is 0 Å². The largest absolute Gasteiger partial charge is 0.448 e. The van der Waals surface area contributed by atoms with Crippen molar-refractivity contribution in [2.75, 3.05) is 24.6 Å². The molecule has 0 unspecified atom stereocenters. The molecule has 1 saturated heterocycles. The van der Waals surface area contributed by atoms with Crippen LogP contribution < -0.4 is 0 Å². The normalized spacial score (nSPS) is 17.4. The summed E-state index contributed by atoms with van der Waals surface area (Å²) in [6.07, 6.45) is 3.10. The number of rotatable bonds is 3. The number of aryl methyl sites for hydroxylation is 1. The molecule has 0 bridgehead atoms. The van der Waals surface area contributed by atoms with Gasteiger partial charge in [0.15, 0.2) is 11.6 Å². The number of carbonyl (C=O) groups is 1. The molecular weight excluding hydrogens is 240 g/mol. The zero-order valence-electron chi connectivity index (χ0n) is 9.85. The van der Waals surface area contributed by atoms with Gasteiger partial charge in [-0.1, -0.05) is 6.92 Å². The third-order valence-electron chi connectivity index (χ3n) is 2.70. The second-order valence-electron chi connectivity index (χ2n) is 4.02. The smallest absolute Gasteiger partial charge is 0.275 e. The molecule has 5 nitrogen and oxygen atoms in total. The number of hydrogen-bond acceptors (Lipinski definition) is 4. The fourth-order valence-electron chi connectivity index (χ4n) is 1.74. The molecule has 17 heavy (non-hydrogen) atoms. The van der Waals surface area contributed by atoms with Crippen molar-refractivity contribution < 1.29 is 13.4 Å².